The fraction of sp³-hybridized carbons (Fsp3) is 0.333. The average Bonchev–Trinajstić information content (AvgIpc) is 3.45. The highest BCUT2D eigenvalue weighted by molar-refractivity contribution is 6.32. The van der Waals surface area contributed by atoms with Crippen molar-refractivity contribution in [2.75, 3.05) is 24.5 Å². The molecule has 1 aromatic carbocycles. The third kappa shape index (κ3) is 4.88. The first-order valence-electron chi connectivity index (χ1n) is 10.1. The van der Waals surface area contributed by atoms with E-state index in [0.717, 1.165) is 49.1 Å². The van der Waals surface area contributed by atoms with Gasteiger partial charge in [-0.3, -0.25) is 0 Å². The molecule has 1 aliphatic heterocycles. The van der Waals surface area contributed by atoms with Crippen molar-refractivity contribution < 1.29 is 0 Å². The fourth-order valence-electron chi connectivity index (χ4n) is 3.46. The molecule has 1 unspecified atom stereocenters. The van der Waals surface area contributed by atoms with Crippen molar-refractivity contribution >= 4 is 23.4 Å². The minimum Gasteiger partial charge on any atom is -0.357 e. The Kier molecular flexibility index (Phi) is 6.44. The molecule has 0 bridgehead atoms. The van der Waals surface area contributed by atoms with E-state index in [-0.39, 0.29) is 6.04 Å². The zero-order valence-corrected chi connectivity index (χ0v) is 17.6. The van der Waals surface area contributed by atoms with Gasteiger partial charge in [-0.1, -0.05) is 23.7 Å². The Morgan fingerprint density at radius 3 is 2.87 bits per heavy atom. The Hall–Kier alpha value is -3.13. The largest absolute Gasteiger partial charge is 0.357 e. The molecule has 0 amide bonds. The summed E-state index contributed by atoms with van der Waals surface area (Å²) < 4.78 is 1.73. The normalized spacial score (nSPS) is 16.7. The Bertz CT molecular complexity index is 971. The van der Waals surface area contributed by atoms with Gasteiger partial charge in [0.2, 0.25) is 0 Å². The molecule has 30 heavy (non-hydrogen) atoms. The van der Waals surface area contributed by atoms with Crippen molar-refractivity contribution in [3.63, 3.8) is 0 Å². The minimum atomic E-state index is 0.288. The highest BCUT2D eigenvalue weighted by atomic mass is 35.5. The summed E-state index contributed by atoms with van der Waals surface area (Å²) in [7, 11) is 0. The third-order valence-electron chi connectivity index (χ3n) is 4.95. The van der Waals surface area contributed by atoms with Crippen LogP contribution in [0.25, 0.3) is 5.69 Å². The van der Waals surface area contributed by atoms with Gasteiger partial charge in [0.15, 0.2) is 5.96 Å². The molecule has 1 atom stereocenters. The van der Waals surface area contributed by atoms with Gasteiger partial charge >= 0.3 is 0 Å². The van der Waals surface area contributed by atoms with Crippen LogP contribution in [0.2, 0.25) is 5.02 Å². The Morgan fingerprint density at radius 1 is 1.27 bits per heavy atom. The van der Waals surface area contributed by atoms with Gasteiger partial charge < -0.3 is 15.5 Å². The number of nitrogens with zero attached hydrogens (tertiary/aromatic N) is 6. The van der Waals surface area contributed by atoms with Gasteiger partial charge in [0, 0.05) is 31.9 Å². The van der Waals surface area contributed by atoms with E-state index < -0.39 is 0 Å². The smallest absolute Gasteiger partial charge is 0.191 e. The average molecular weight is 425 g/mol. The maximum Gasteiger partial charge on any atom is 0.191 e. The molecule has 3 heterocycles. The van der Waals surface area contributed by atoms with E-state index in [1.54, 1.807) is 17.2 Å². The van der Waals surface area contributed by atoms with Crippen LogP contribution < -0.4 is 15.5 Å². The number of rotatable bonds is 6. The number of guanidine groups is 1. The van der Waals surface area contributed by atoms with Crippen LogP contribution in [-0.4, -0.2) is 51.4 Å². The Balaban J connectivity index is 1.37. The fourth-order valence-corrected chi connectivity index (χ4v) is 3.70. The number of aliphatic imine (C=N–C) groups is 1. The van der Waals surface area contributed by atoms with Gasteiger partial charge in [0.1, 0.15) is 18.5 Å². The summed E-state index contributed by atoms with van der Waals surface area (Å²) in [6.07, 6.45) is 5.99. The van der Waals surface area contributed by atoms with Crippen LogP contribution in [0.1, 0.15) is 18.9 Å². The monoisotopic (exact) mass is 424 g/mol. The molecule has 156 valence electrons. The summed E-state index contributed by atoms with van der Waals surface area (Å²) in [5, 5.41) is 11.7. The number of benzene rings is 1. The van der Waals surface area contributed by atoms with E-state index in [1.807, 2.05) is 24.3 Å². The molecule has 1 aliphatic rings. The zero-order valence-electron chi connectivity index (χ0n) is 16.9. The van der Waals surface area contributed by atoms with Crippen molar-refractivity contribution in [3.05, 3.63) is 65.8 Å². The standard InChI is InChI=1S/C21H25ClN8/c1-2-24-21(26-12-16-5-7-18(8-6-16)30-15-23-14-27-30)28-17-9-11-29(13-17)20-19(22)4-3-10-25-20/h3-8,10,14-15,17H,2,9,11-13H2,1H3,(H2,24,26,28). The van der Waals surface area contributed by atoms with E-state index in [0.29, 0.717) is 11.6 Å². The second-order valence-electron chi connectivity index (χ2n) is 7.09. The molecule has 4 rings (SSSR count). The lowest BCUT2D eigenvalue weighted by Gasteiger charge is -2.20. The van der Waals surface area contributed by atoms with E-state index >= 15 is 0 Å². The summed E-state index contributed by atoms with van der Waals surface area (Å²) in [5.74, 6) is 1.66. The molecule has 0 aliphatic carbocycles. The summed E-state index contributed by atoms with van der Waals surface area (Å²) >= 11 is 6.30. The van der Waals surface area contributed by atoms with Crippen molar-refractivity contribution in [3.8, 4) is 5.69 Å². The van der Waals surface area contributed by atoms with Gasteiger partial charge in [-0.25, -0.2) is 19.6 Å². The van der Waals surface area contributed by atoms with Gasteiger partial charge in [-0.15, -0.1) is 0 Å². The van der Waals surface area contributed by atoms with Crippen molar-refractivity contribution in [2.45, 2.75) is 25.9 Å². The maximum absolute atomic E-state index is 6.30. The Labute approximate surface area is 181 Å². The molecule has 8 nitrogen and oxygen atoms in total. The first-order chi connectivity index (χ1) is 14.7. The maximum atomic E-state index is 6.30. The van der Waals surface area contributed by atoms with Crippen molar-refractivity contribution in [2.24, 2.45) is 4.99 Å². The second-order valence-corrected chi connectivity index (χ2v) is 7.49. The van der Waals surface area contributed by atoms with Crippen LogP contribution >= 0.6 is 11.6 Å². The summed E-state index contributed by atoms with van der Waals surface area (Å²) in [5.41, 5.74) is 2.11. The minimum absolute atomic E-state index is 0.288. The first kappa shape index (κ1) is 20.2. The number of anilines is 1. The number of aromatic nitrogens is 4. The number of hydrogen-bond donors (Lipinski definition) is 2. The molecular weight excluding hydrogens is 400 g/mol. The van der Waals surface area contributed by atoms with Crippen LogP contribution in [0.15, 0.2) is 60.2 Å². The zero-order chi connectivity index (χ0) is 20.8. The van der Waals surface area contributed by atoms with E-state index in [4.69, 9.17) is 16.6 Å². The lowest BCUT2D eigenvalue weighted by molar-refractivity contribution is 0.649. The lowest BCUT2D eigenvalue weighted by Crippen LogP contribution is -2.44. The molecule has 0 spiro atoms. The van der Waals surface area contributed by atoms with Crippen LogP contribution in [0.5, 0.6) is 0 Å². The van der Waals surface area contributed by atoms with E-state index in [2.05, 4.69) is 49.7 Å². The third-order valence-corrected chi connectivity index (χ3v) is 5.25. The molecular formula is C21H25ClN8. The predicted molar refractivity (Wildman–Crippen MR) is 119 cm³/mol. The quantitative estimate of drug-likeness (QED) is 0.467. The first-order valence-corrected chi connectivity index (χ1v) is 10.4. The topological polar surface area (TPSA) is 83.3 Å². The molecule has 1 fully saturated rings. The molecule has 2 N–H and O–H groups in total. The summed E-state index contributed by atoms with van der Waals surface area (Å²) in [4.78, 5) is 15.4. The van der Waals surface area contributed by atoms with Crippen molar-refractivity contribution in [1.82, 2.24) is 30.4 Å². The van der Waals surface area contributed by atoms with Crippen LogP contribution in [0.4, 0.5) is 5.82 Å². The number of hydrogen-bond acceptors (Lipinski definition) is 5. The SMILES string of the molecule is CCNC(=NCc1ccc(-n2cncn2)cc1)NC1CCN(c2ncccc2Cl)C1. The molecule has 1 saturated heterocycles. The molecule has 0 saturated carbocycles. The van der Waals surface area contributed by atoms with Gasteiger partial charge in [0.05, 0.1) is 17.3 Å². The summed E-state index contributed by atoms with van der Waals surface area (Å²) in [6.45, 7) is 5.22. The predicted octanol–water partition coefficient (Wildman–Crippen LogP) is 2.65. The van der Waals surface area contributed by atoms with Crippen LogP contribution in [-0.2, 0) is 6.54 Å². The van der Waals surface area contributed by atoms with Gasteiger partial charge in [-0.2, -0.15) is 5.10 Å². The molecule has 0 radical (unpaired) electrons. The summed E-state index contributed by atoms with van der Waals surface area (Å²) in [6, 6.07) is 12.2. The molecule has 2 aromatic heterocycles. The van der Waals surface area contributed by atoms with E-state index in [9.17, 15) is 0 Å². The number of nitrogens with one attached hydrogen (secondary N) is 2. The number of pyridine rings is 1. The van der Waals surface area contributed by atoms with Gasteiger partial charge in [-0.05, 0) is 43.2 Å². The van der Waals surface area contributed by atoms with Gasteiger partial charge in [0.25, 0.3) is 0 Å². The number of halogens is 1. The second kappa shape index (κ2) is 9.58. The molecule has 9 heteroatoms. The lowest BCUT2D eigenvalue weighted by atomic mass is 10.2. The Morgan fingerprint density at radius 2 is 2.13 bits per heavy atom. The molecule has 3 aromatic rings. The van der Waals surface area contributed by atoms with Crippen LogP contribution in [0, 0.1) is 0 Å². The highest BCUT2D eigenvalue weighted by Crippen LogP contribution is 2.25. The van der Waals surface area contributed by atoms with Crippen molar-refractivity contribution in [1.29, 1.82) is 0 Å². The van der Waals surface area contributed by atoms with Crippen LogP contribution in [0.3, 0.4) is 0 Å². The van der Waals surface area contributed by atoms with E-state index in [1.165, 1.54) is 6.33 Å². The highest BCUT2D eigenvalue weighted by Gasteiger charge is 2.25.